The highest BCUT2D eigenvalue weighted by molar-refractivity contribution is 6.23. The summed E-state index contributed by atoms with van der Waals surface area (Å²) in [6.45, 7) is 0. The first-order chi connectivity index (χ1) is 33.7. The maximum absolute atomic E-state index is 2.46. The summed E-state index contributed by atoms with van der Waals surface area (Å²) >= 11 is 0. The fraction of sp³-hybridized carbons (Fsp3) is 0. The quantitative estimate of drug-likeness (QED) is 0.0686. The maximum Gasteiger partial charge on any atom is 0.0619 e. The van der Waals surface area contributed by atoms with Crippen LogP contribution in [-0.2, 0) is 0 Å². The molecule has 0 atom stereocenters. The molecule has 0 spiro atoms. The van der Waals surface area contributed by atoms with Crippen molar-refractivity contribution in [2.24, 2.45) is 0 Å². The molecule has 2 heteroatoms. The normalized spacial score (nSPS) is 11.4. The molecule has 0 saturated carbocycles. The monoisotopic (exact) mass is 868 g/mol. The smallest absolute Gasteiger partial charge is 0.0619 e. The molecule has 0 radical (unpaired) electrons. The number of fused-ring (bicyclic) bond motifs is 2. The molecule has 322 valence electrons. The molecular weight excluding hydrogens is 821 g/mol. The number of hydrogen-bond acceptors (Lipinski definition) is 2. The van der Waals surface area contributed by atoms with Gasteiger partial charge in [0, 0.05) is 44.3 Å². The molecule has 0 aliphatic rings. The minimum Gasteiger partial charge on any atom is -0.309 e. The Bertz CT molecular complexity index is 3230. The van der Waals surface area contributed by atoms with Gasteiger partial charge < -0.3 is 9.80 Å². The summed E-state index contributed by atoms with van der Waals surface area (Å²) in [4.78, 5) is 4.92. The second-order valence-electron chi connectivity index (χ2n) is 17.0. The SMILES string of the molecule is C(=Cc1ccc(N(c2cccc(-c3ccccc3)c2)c2c3ccccc3c(N(c3ccc(C=Cc4ccccc4)cc3)c3cccc(-c4ccccc4)c3)c3ccccc23)cc1)c1ccccc1. The van der Waals surface area contributed by atoms with E-state index < -0.39 is 0 Å². The molecule has 0 amide bonds. The molecule has 0 bridgehead atoms. The minimum atomic E-state index is 1.07. The Kier molecular flexibility index (Phi) is 11.8. The van der Waals surface area contributed by atoms with Gasteiger partial charge in [0.1, 0.15) is 0 Å². The lowest BCUT2D eigenvalue weighted by Gasteiger charge is -2.33. The fourth-order valence-electron chi connectivity index (χ4n) is 9.27. The van der Waals surface area contributed by atoms with Crippen LogP contribution in [0.25, 0.3) is 68.1 Å². The lowest BCUT2D eigenvalue weighted by atomic mass is 9.94. The molecule has 11 aromatic carbocycles. The van der Waals surface area contributed by atoms with Crippen molar-refractivity contribution in [1.82, 2.24) is 0 Å². The molecular formula is C66H48N2. The van der Waals surface area contributed by atoms with E-state index in [2.05, 4.69) is 301 Å². The molecule has 2 nitrogen and oxygen atoms in total. The predicted molar refractivity (Wildman–Crippen MR) is 292 cm³/mol. The molecule has 0 N–H and O–H groups in total. The highest BCUT2D eigenvalue weighted by atomic mass is 15.2. The average Bonchev–Trinajstić information content (AvgIpc) is 3.42. The molecule has 0 fully saturated rings. The summed E-state index contributed by atoms with van der Waals surface area (Å²) < 4.78 is 0. The summed E-state index contributed by atoms with van der Waals surface area (Å²) in [5, 5.41) is 4.58. The van der Waals surface area contributed by atoms with Crippen molar-refractivity contribution in [1.29, 1.82) is 0 Å². The topological polar surface area (TPSA) is 6.48 Å². The molecule has 0 aliphatic carbocycles. The van der Waals surface area contributed by atoms with E-state index in [1.54, 1.807) is 0 Å². The second-order valence-corrected chi connectivity index (χ2v) is 17.0. The molecule has 0 saturated heterocycles. The number of rotatable bonds is 12. The van der Waals surface area contributed by atoms with Crippen LogP contribution in [0.4, 0.5) is 34.1 Å². The number of hydrogen-bond donors (Lipinski definition) is 0. The number of benzene rings is 11. The van der Waals surface area contributed by atoms with E-state index in [9.17, 15) is 0 Å². The van der Waals surface area contributed by atoms with Gasteiger partial charge in [0.25, 0.3) is 0 Å². The van der Waals surface area contributed by atoms with E-state index in [1.807, 2.05) is 0 Å². The Morgan fingerprint density at radius 1 is 0.206 bits per heavy atom. The zero-order valence-corrected chi connectivity index (χ0v) is 37.6. The summed E-state index contributed by atoms with van der Waals surface area (Å²) in [5.41, 5.74) is 15.8. The van der Waals surface area contributed by atoms with Gasteiger partial charge in [-0.2, -0.15) is 0 Å². The molecule has 11 aromatic rings. The van der Waals surface area contributed by atoms with Crippen LogP contribution < -0.4 is 9.80 Å². The number of nitrogens with zero attached hydrogens (tertiary/aromatic N) is 2. The lowest BCUT2D eigenvalue weighted by molar-refractivity contribution is 1.29. The Morgan fingerprint density at radius 3 is 0.824 bits per heavy atom. The third-order valence-electron chi connectivity index (χ3n) is 12.6. The Balaban J connectivity index is 1.13. The van der Waals surface area contributed by atoms with Crippen LogP contribution in [0, 0.1) is 0 Å². The van der Waals surface area contributed by atoms with Crippen LogP contribution in [-0.4, -0.2) is 0 Å². The van der Waals surface area contributed by atoms with Gasteiger partial charge in [-0.05, 0) is 93.0 Å². The molecule has 0 unspecified atom stereocenters. The summed E-state index contributed by atoms with van der Waals surface area (Å²) in [5.74, 6) is 0. The van der Waals surface area contributed by atoms with Gasteiger partial charge in [-0.25, -0.2) is 0 Å². The summed E-state index contributed by atoms with van der Waals surface area (Å²) in [6.07, 6.45) is 8.72. The zero-order chi connectivity index (χ0) is 45.5. The minimum absolute atomic E-state index is 1.07. The largest absolute Gasteiger partial charge is 0.309 e. The predicted octanol–water partition coefficient (Wildman–Crippen LogP) is 18.6. The lowest BCUT2D eigenvalue weighted by Crippen LogP contribution is -2.14. The standard InChI is InChI=1S/C66H48N2/c1-5-19-49(20-6-1)35-37-51-39-43-57(44-40-51)67(59-29-17-27-55(47-59)53-23-9-3-10-24-53)65-61-31-13-15-33-63(61)66(64-34-16-14-32-62(64)65)68(60-30-18-28-56(48-60)54-25-11-4-12-26-54)58-45-41-52(42-46-58)38-36-50-21-7-2-8-22-50/h1-48H. The first kappa shape index (κ1) is 41.7. The number of anilines is 6. The highest BCUT2D eigenvalue weighted by Crippen LogP contribution is 2.51. The van der Waals surface area contributed by atoms with E-state index in [1.165, 1.54) is 22.3 Å². The summed E-state index contributed by atoms with van der Waals surface area (Å²) in [7, 11) is 0. The van der Waals surface area contributed by atoms with Crippen molar-refractivity contribution in [3.05, 3.63) is 289 Å². The van der Waals surface area contributed by atoms with Gasteiger partial charge >= 0.3 is 0 Å². The van der Waals surface area contributed by atoms with E-state index in [4.69, 9.17) is 0 Å². The van der Waals surface area contributed by atoms with Crippen molar-refractivity contribution in [2.75, 3.05) is 9.80 Å². The third-order valence-corrected chi connectivity index (χ3v) is 12.6. The Morgan fingerprint density at radius 2 is 0.485 bits per heavy atom. The van der Waals surface area contributed by atoms with Crippen molar-refractivity contribution in [2.45, 2.75) is 0 Å². The fourth-order valence-corrected chi connectivity index (χ4v) is 9.27. The maximum atomic E-state index is 2.46. The average molecular weight is 869 g/mol. The van der Waals surface area contributed by atoms with Crippen LogP contribution >= 0.6 is 0 Å². The van der Waals surface area contributed by atoms with Crippen molar-refractivity contribution in [3.63, 3.8) is 0 Å². The van der Waals surface area contributed by atoms with Crippen molar-refractivity contribution >= 4 is 80.0 Å². The first-order valence-electron chi connectivity index (χ1n) is 23.2. The molecule has 11 rings (SSSR count). The van der Waals surface area contributed by atoms with Gasteiger partial charge in [-0.3, -0.25) is 0 Å². The van der Waals surface area contributed by atoms with E-state index in [0.29, 0.717) is 0 Å². The molecule has 68 heavy (non-hydrogen) atoms. The van der Waals surface area contributed by atoms with Crippen LogP contribution in [0.15, 0.2) is 267 Å². The van der Waals surface area contributed by atoms with Crippen LogP contribution in [0.5, 0.6) is 0 Å². The van der Waals surface area contributed by atoms with Crippen LogP contribution in [0.2, 0.25) is 0 Å². The van der Waals surface area contributed by atoms with Gasteiger partial charge in [-0.15, -0.1) is 0 Å². The second kappa shape index (κ2) is 19.2. The van der Waals surface area contributed by atoms with Crippen LogP contribution in [0.1, 0.15) is 22.3 Å². The van der Waals surface area contributed by atoms with Crippen LogP contribution in [0.3, 0.4) is 0 Å². The zero-order valence-electron chi connectivity index (χ0n) is 37.6. The van der Waals surface area contributed by atoms with E-state index in [0.717, 1.165) is 77.9 Å². The van der Waals surface area contributed by atoms with Gasteiger partial charge in [0.05, 0.1) is 11.4 Å². The van der Waals surface area contributed by atoms with Gasteiger partial charge in [0.15, 0.2) is 0 Å². The molecule has 0 heterocycles. The molecule has 0 aliphatic heterocycles. The van der Waals surface area contributed by atoms with Crippen molar-refractivity contribution in [3.8, 4) is 22.3 Å². The Labute approximate surface area is 399 Å². The Hall–Kier alpha value is -8.98. The van der Waals surface area contributed by atoms with Crippen molar-refractivity contribution < 1.29 is 0 Å². The highest BCUT2D eigenvalue weighted by Gasteiger charge is 2.26. The van der Waals surface area contributed by atoms with Gasteiger partial charge in [0.2, 0.25) is 0 Å². The first-order valence-corrected chi connectivity index (χ1v) is 23.2. The molecule has 0 aromatic heterocycles. The summed E-state index contributed by atoms with van der Waals surface area (Å²) in [6, 6.07) is 96.0. The van der Waals surface area contributed by atoms with E-state index in [-0.39, 0.29) is 0 Å². The third kappa shape index (κ3) is 8.75. The van der Waals surface area contributed by atoms with Gasteiger partial charge in [-0.1, -0.05) is 243 Å². The van der Waals surface area contributed by atoms with E-state index >= 15 is 0 Å².